The molecule has 0 unspecified atom stereocenters. The number of halogens is 1. The smallest absolute Gasteiger partial charge is 0.100 e. The van der Waals surface area contributed by atoms with Crippen molar-refractivity contribution in [2.45, 2.75) is 11.8 Å². The van der Waals surface area contributed by atoms with Gasteiger partial charge in [-0.15, -0.1) is 0 Å². The first-order valence-corrected chi connectivity index (χ1v) is 5.41. The zero-order valence-corrected chi connectivity index (χ0v) is 9.69. The molecule has 1 aromatic rings. The third kappa shape index (κ3) is 2.91. The fourth-order valence-corrected chi connectivity index (χ4v) is 1.87. The second-order valence-electron chi connectivity index (χ2n) is 2.79. The SMILES string of the molecule is CCN(C)Sc1ccc(Cl)cc1C#N. The molecule has 0 aliphatic carbocycles. The van der Waals surface area contributed by atoms with Gasteiger partial charge in [-0.1, -0.05) is 18.5 Å². The topological polar surface area (TPSA) is 27.0 Å². The van der Waals surface area contributed by atoms with Crippen LogP contribution in [-0.4, -0.2) is 17.9 Å². The maximum absolute atomic E-state index is 8.89. The van der Waals surface area contributed by atoms with E-state index in [1.54, 1.807) is 24.1 Å². The highest BCUT2D eigenvalue weighted by Gasteiger charge is 2.05. The van der Waals surface area contributed by atoms with Crippen molar-refractivity contribution in [2.24, 2.45) is 0 Å². The van der Waals surface area contributed by atoms with Gasteiger partial charge in [-0.3, -0.25) is 0 Å². The van der Waals surface area contributed by atoms with E-state index in [1.807, 2.05) is 13.1 Å². The van der Waals surface area contributed by atoms with Crippen LogP contribution in [0.1, 0.15) is 12.5 Å². The summed E-state index contributed by atoms with van der Waals surface area (Å²) in [6.45, 7) is 2.99. The molecule has 0 radical (unpaired) electrons. The highest BCUT2D eigenvalue weighted by molar-refractivity contribution is 7.97. The summed E-state index contributed by atoms with van der Waals surface area (Å²) in [5.74, 6) is 0. The van der Waals surface area contributed by atoms with E-state index in [-0.39, 0.29) is 0 Å². The minimum Gasteiger partial charge on any atom is -0.250 e. The minimum atomic E-state index is 0.602. The highest BCUT2D eigenvalue weighted by Crippen LogP contribution is 2.26. The normalized spacial score (nSPS) is 10.2. The van der Waals surface area contributed by atoms with E-state index in [0.717, 1.165) is 11.4 Å². The van der Waals surface area contributed by atoms with Gasteiger partial charge in [0.1, 0.15) is 6.07 Å². The third-order valence-corrected chi connectivity index (χ3v) is 3.12. The zero-order valence-electron chi connectivity index (χ0n) is 8.12. The van der Waals surface area contributed by atoms with Gasteiger partial charge in [0.25, 0.3) is 0 Å². The van der Waals surface area contributed by atoms with Crippen LogP contribution in [0.3, 0.4) is 0 Å². The fourth-order valence-electron chi connectivity index (χ4n) is 0.902. The quantitative estimate of drug-likeness (QED) is 0.741. The lowest BCUT2D eigenvalue weighted by Crippen LogP contribution is -2.07. The zero-order chi connectivity index (χ0) is 10.6. The summed E-state index contributed by atoms with van der Waals surface area (Å²) in [6, 6.07) is 7.49. The van der Waals surface area contributed by atoms with Crippen molar-refractivity contribution in [3.63, 3.8) is 0 Å². The molecule has 0 spiro atoms. The Balaban J connectivity index is 2.92. The van der Waals surface area contributed by atoms with Crippen molar-refractivity contribution in [3.05, 3.63) is 28.8 Å². The Bertz CT molecular complexity index is 360. The first-order chi connectivity index (χ1) is 6.67. The molecular weight excluding hydrogens is 216 g/mol. The van der Waals surface area contributed by atoms with Crippen LogP contribution < -0.4 is 0 Å². The second-order valence-corrected chi connectivity index (χ2v) is 4.47. The third-order valence-electron chi connectivity index (χ3n) is 1.76. The number of nitriles is 1. The van der Waals surface area contributed by atoms with Gasteiger partial charge in [0.15, 0.2) is 0 Å². The van der Waals surface area contributed by atoms with Crippen LogP contribution in [0.15, 0.2) is 23.1 Å². The molecule has 1 rings (SSSR count). The summed E-state index contributed by atoms with van der Waals surface area (Å²) < 4.78 is 2.06. The van der Waals surface area contributed by atoms with Crippen LogP contribution in [0, 0.1) is 11.3 Å². The Morgan fingerprint density at radius 1 is 1.57 bits per heavy atom. The molecule has 0 amide bonds. The molecule has 2 nitrogen and oxygen atoms in total. The second kappa shape index (κ2) is 5.26. The van der Waals surface area contributed by atoms with Crippen LogP contribution in [0.25, 0.3) is 0 Å². The van der Waals surface area contributed by atoms with E-state index >= 15 is 0 Å². The minimum absolute atomic E-state index is 0.602. The van der Waals surface area contributed by atoms with E-state index in [1.165, 1.54) is 0 Å². The molecule has 0 atom stereocenters. The molecule has 0 aliphatic rings. The number of rotatable bonds is 3. The maximum atomic E-state index is 8.89. The standard InChI is InChI=1S/C10H11ClN2S/c1-3-13(2)14-10-5-4-9(11)6-8(10)7-12/h4-6H,3H2,1-2H3. The van der Waals surface area contributed by atoms with E-state index in [9.17, 15) is 0 Å². The summed E-state index contributed by atoms with van der Waals surface area (Å²) in [4.78, 5) is 0.946. The van der Waals surface area contributed by atoms with Crippen molar-refractivity contribution in [3.8, 4) is 6.07 Å². The van der Waals surface area contributed by atoms with Gasteiger partial charge in [0.05, 0.1) is 5.56 Å². The average molecular weight is 227 g/mol. The molecule has 0 saturated heterocycles. The van der Waals surface area contributed by atoms with Crippen LogP contribution in [-0.2, 0) is 0 Å². The summed E-state index contributed by atoms with van der Waals surface area (Å²) in [5, 5.41) is 9.49. The Morgan fingerprint density at radius 3 is 2.86 bits per heavy atom. The number of nitrogens with zero attached hydrogens (tertiary/aromatic N) is 2. The molecule has 14 heavy (non-hydrogen) atoms. The van der Waals surface area contributed by atoms with E-state index in [0.29, 0.717) is 10.6 Å². The molecule has 74 valence electrons. The van der Waals surface area contributed by atoms with E-state index in [2.05, 4.69) is 17.3 Å². The Morgan fingerprint density at radius 2 is 2.29 bits per heavy atom. The van der Waals surface area contributed by atoms with E-state index < -0.39 is 0 Å². The van der Waals surface area contributed by atoms with Gasteiger partial charge in [-0.05, 0) is 37.2 Å². The largest absolute Gasteiger partial charge is 0.250 e. The number of benzene rings is 1. The lowest BCUT2D eigenvalue weighted by Gasteiger charge is -2.13. The van der Waals surface area contributed by atoms with Crippen molar-refractivity contribution in [1.82, 2.24) is 4.31 Å². The van der Waals surface area contributed by atoms with Crippen LogP contribution in [0.4, 0.5) is 0 Å². The average Bonchev–Trinajstić information content (AvgIpc) is 2.20. The fraction of sp³-hybridized carbons (Fsp3) is 0.300. The van der Waals surface area contributed by atoms with Gasteiger partial charge in [-0.25, -0.2) is 4.31 Å². The molecule has 0 fully saturated rings. The summed E-state index contributed by atoms with van der Waals surface area (Å²) in [6.07, 6.45) is 0. The van der Waals surface area contributed by atoms with Crippen LogP contribution >= 0.6 is 23.5 Å². The van der Waals surface area contributed by atoms with Gasteiger partial charge in [0.2, 0.25) is 0 Å². The van der Waals surface area contributed by atoms with Crippen molar-refractivity contribution >= 4 is 23.5 Å². The van der Waals surface area contributed by atoms with Crippen molar-refractivity contribution in [1.29, 1.82) is 5.26 Å². The molecule has 0 aromatic heterocycles. The van der Waals surface area contributed by atoms with E-state index in [4.69, 9.17) is 16.9 Å². The first kappa shape index (κ1) is 11.4. The monoisotopic (exact) mass is 226 g/mol. The predicted molar refractivity (Wildman–Crippen MR) is 60.3 cm³/mol. The molecule has 0 bridgehead atoms. The van der Waals surface area contributed by atoms with Crippen LogP contribution in [0.2, 0.25) is 5.02 Å². The maximum Gasteiger partial charge on any atom is 0.100 e. The number of hydrogen-bond donors (Lipinski definition) is 0. The lowest BCUT2D eigenvalue weighted by molar-refractivity contribution is 0.602. The van der Waals surface area contributed by atoms with Crippen LogP contribution in [0.5, 0.6) is 0 Å². The van der Waals surface area contributed by atoms with Gasteiger partial charge < -0.3 is 0 Å². The summed E-state index contributed by atoms with van der Waals surface area (Å²) in [7, 11) is 1.99. The highest BCUT2D eigenvalue weighted by atomic mass is 35.5. The Kier molecular flexibility index (Phi) is 4.27. The molecule has 1 aromatic carbocycles. The predicted octanol–water partition coefficient (Wildman–Crippen LogP) is 3.17. The van der Waals surface area contributed by atoms with Gasteiger partial charge in [-0.2, -0.15) is 5.26 Å². The molecule has 0 N–H and O–H groups in total. The Hall–Kier alpha value is -0.690. The molecular formula is C10H11ClN2S. The van der Waals surface area contributed by atoms with Crippen molar-refractivity contribution < 1.29 is 0 Å². The van der Waals surface area contributed by atoms with Gasteiger partial charge >= 0.3 is 0 Å². The summed E-state index contributed by atoms with van der Waals surface area (Å²) in [5.41, 5.74) is 0.628. The molecule has 0 aliphatic heterocycles. The molecule has 0 saturated carbocycles. The van der Waals surface area contributed by atoms with Gasteiger partial charge in [0, 0.05) is 16.5 Å². The van der Waals surface area contributed by atoms with Crippen molar-refractivity contribution in [2.75, 3.05) is 13.6 Å². The lowest BCUT2D eigenvalue weighted by atomic mass is 10.2. The molecule has 0 heterocycles. The first-order valence-electron chi connectivity index (χ1n) is 4.26. The molecule has 4 heteroatoms. The number of hydrogen-bond acceptors (Lipinski definition) is 3. The summed E-state index contributed by atoms with van der Waals surface area (Å²) >= 11 is 7.35. The Labute approximate surface area is 93.6 Å².